The first-order chi connectivity index (χ1) is 18.5. The number of thioether (sulfide) groups is 1. The molecule has 7 nitrogen and oxygen atoms in total. The summed E-state index contributed by atoms with van der Waals surface area (Å²) in [6.07, 6.45) is 1.58. The molecule has 3 aromatic carbocycles. The van der Waals surface area contributed by atoms with Crippen LogP contribution >= 0.6 is 35.0 Å². The predicted molar refractivity (Wildman–Crippen MR) is 152 cm³/mol. The van der Waals surface area contributed by atoms with Gasteiger partial charge >= 0.3 is 0 Å². The summed E-state index contributed by atoms with van der Waals surface area (Å²) in [5.41, 5.74) is 2.41. The lowest BCUT2D eigenvalue weighted by Gasteiger charge is -2.27. The molecule has 0 radical (unpaired) electrons. The van der Waals surface area contributed by atoms with Gasteiger partial charge in [-0.3, -0.25) is 15.1 Å². The summed E-state index contributed by atoms with van der Waals surface area (Å²) in [4.78, 5) is 18.7. The first-order valence-electron chi connectivity index (χ1n) is 11.5. The van der Waals surface area contributed by atoms with Crippen LogP contribution in [0, 0.1) is 5.41 Å². The highest BCUT2D eigenvalue weighted by molar-refractivity contribution is 8.17. The summed E-state index contributed by atoms with van der Waals surface area (Å²) in [6, 6.07) is 20.2. The maximum absolute atomic E-state index is 12.8. The molecule has 0 aromatic heterocycles. The molecule has 38 heavy (non-hydrogen) atoms. The Kier molecular flexibility index (Phi) is 7.74. The van der Waals surface area contributed by atoms with Gasteiger partial charge in [0.05, 0.1) is 28.4 Å². The highest BCUT2D eigenvalue weighted by Gasteiger charge is 2.36. The van der Waals surface area contributed by atoms with Gasteiger partial charge in [0.1, 0.15) is 24.8 Å². The zero-order valence-electron chi connectivity index (χ0n) is 20.1. The van der Waals surface area contributed by atoms with Crippen LogP contribution in [0.1, 0.15) is 11.1 Å². The van der Waals surface area contributed by atoms with Crippen molar-refractivity contribution in [2.24, 2.45) is 4.99 Å². The minimum Gasteiger partial charge on any atom is -0.493 e. The van der Waals surface area contributed by atoms with E-state index in [0.717, 1.165) is 11.3 Å². The first kappa shape index (κ1) is 25.9. The van der Waals surface area contributed by atoms with Crippen LogP contribution < -0.4 is 14.2 Å². The highest BCUT2D eigenvalue weighted by Crippen LogP contribution is 2.39. The normalized spacial score (nSPS) is 15.8. The number of carbonyl (C=O) groups is 1. The Morgan fingerprint density at radius 3 is 2.47 bits per heavy atom. The van der Waals surface area contributed by atoms with Gasteiger partial charge in [0.25, 0.3) is 5.91 Å². The van der Waals surface area contributed by atoms with E-state index in [2.05, 4.69) is 4.99 Å². The molecule has 0 bridgehead atoms. The molecule has 1 N–H and O–H groups in total. The fourth-order valence-corrected chi connectivity index (χ4v) is 5.25. The number of amides is 1. The third-order valence-corrected chi connectivity index (χ3v) is 7.09. The average Bonchev–Trinajstić information content (AvgIpc) is 3.35. The summed E-state index contributed by atoms with van der Waals surface area (Å²) < 4.78 is 17.0. The number of hydrogen-bond acceptors (Lipinski definition) is 6. The summed E-state index contributed by atoms with van der Waals surface area (Å²) in [5.74, 6) is 0.818. The second-order valence-corrected chi connectivity index (χ2v) is 9.74. The van der Waals surface area contributed by atoms with Crippen molar-refractivity contribution in [1.29, 1.82) is 5.41 Å². The van der Waals surface area contributed by atoms with Crippen molar-refractivity contribution in [3.8, 4) is 17.2 Å². The van der Waals surface area contributed by atoms with Crippen LogP contribution in [0.3, 0.4) is 0 Å². The number of nitrogens with one attached hydrogen (secondary N) is 1. The number of benzene rings is 3. The summed E-state index contributed by atoms with van der Waals surface area (Å²) in [5, 5.41) is 12.0. The van der Waals surface area contributed by atoms with Crippen LogP contribution in [0.15, 0.2) is 82.7 Å². The van der Waals surface area contributed by atoms with E-state index in [1.54, 1.807) is 35.2 Å². The number of para-hydroxylation sites is 1. The van der Waals surface area contributed by atoms with Gasteiger partial charge in [0, 0.05) is 5.41 Å². The van der Waals surface area contributed by atoms with Gasteiger partial charge in [-0.25, -0.2) is 0 Å². The van der Waals surface area contributed by atoms with Crippen molar-refractivity contribution in [1.82, 2.24) is 4.90 Å². The van der Waals surface area contributed by atoms with Crippen molar-refractivity contribution < 1.29 is 19.0 Å². The van der Waals surface area contributed by atoms with Gasteiger partial charge in [-0.2, -0.15) is 4.99 Å². The minimum absolute atomic E-state index is 0.0345. The van der Waals surface area contributed by atoms with Gasteiger partial charge in [0.15, 0.2) is 16.7 Å². The van der Waals surface area contributed by atoms with Gasteiger partial charge in [0.2, 0.25) is 0 Å². The number of hydrogen-bond donors (Lipinski definition) is 1. The number of rotatable bonds is 8. The molecule has 0 aliphatic carbocycles. The quantitative estimate of drug-likeness (QED) is 0.240. The van der Waals surface area contributed by atoms with Crippen LogP contribution in [0.4, 0.5) is 0 Å². The van der Waals surface area contributed by atoms with E-state index in [9.17, 15) is 4.79 Å². The fourth-order valence-electron chi connectivity index (χ4n) is 3.90. The Hall–Kier alpha value is -3.72. The molecule has 192 valence electrons. The minimum atomic E-state index is -0.497. The van der Waals surface area contributed by atoms with E-state index < -0.39 is 5.91 Å². The summed E-state index contributed by atoms with van der Waals surface area (Å²) in [7, 11) is 1.50. The molecule has 3 aromatic rings. The molecular weight excluding hydrogens is 545 g/mol. The van der Waals surface area contributed by atoms with E-state index >= 15 is 0 Å². The second kappa shape index (κ2) is 11.3. The van der Waals surface area contributed by atoms with Crippen LogP contribution in [0.5, 0.6) is 17.2 Å². The Labute approximate surface area is 233 Å². The Morgan fingerprint density at radius 1 is 0.974 bits per heavy atom. The third-order valence-electron chi connectivity index (χ3n) is 5.67. The molecule has 0 saturated heterocycles. The Bertz CT molecular complexity index is 1510. The molecule has 10 heteroatoms. The number of aliphatic imine (C=N–C) groups is 1. The number of fused-ring (bicyclic) bond motifs is 1. The molecule has 0 spiro atoms. The molecule has 0 saturated carbocycles. The molecule has 2 aliphatic rings. The third kappa shape index (κ3) is 5.29. The van der Waals surface area contributed by atoms with Gasteiger partial charge in [-0.05, 0) is 41.5 Å². The van der Waals surface area contributed by atoms with Crippen molar-refractivity contribution in [2.75, 3.05) is 20.3 Å². The average molecular weight is 566 g/mol. The number of carbonyl (C=O) groups excluding carboxylic acids is 1. The lowest BCUT2D eigenvalue weighted by molar-refractivity contribution is -0.114. The first-order valence-corrected chi connectivity index (χ1v) is 13.1. The zero-order chi connectivity index (χ0) is 26.6. The standard InChI is InChI=1S/C28H21Cl2N3O4S/c1-35-24-15-17(14-21(30)25(24)37-12-11-36-23-10-6-5-9-20(23)29)13-19-26(31)33-22(18-7-3-2-4-8-18)16-38-28(33)32-27(19)34/h2-10,13-16,31H,11-12H2,1H3/b19-13-,31-26?. The van der Waals surface area contributed by atoms with Gasteiger partial charge in [-0.15, -0.1) is 0 Å². The van der Waals surface area contributed by atoms with Crippen LogP contribution in [0.2, 0.25) is 10.0 Å². The van der Waals surface area contributed by atoms with Crippen molar-refractivity contribution in [2.45, 2.75) is 0 Å². The molecule has 2 heterocycles. The van der Waals surface area contributed by atoms with E-state index in [0.29, 0.717) is 33.0 Å². The predicted octanol–water partition coefficient (Wildman–Crippen LogP) is 6.76. The number of halogens is 2. The maximum atomic E-state index is 12.8. The fraction of sp³-hybridized carbons (Fsp3) is 0.107. The maximum Gasteiger partial charge on any atom is 0.283 e. The molecule has 5 rings (SSSR count). The largest absolute Gasteiger partial charge is 0.493 e. The van der Waals surface area contributed by atoms with Gasteiger partial charge in [-0.1, -0.05) is 77.4 Å². The SMILES string of the molecule is COc1cc(/C=C2/C(=N)N3C(c4ccccc4)=CSC3=NC2=O)cc(Cl)c1OCCOc1ccccc1Cl. The van der Waals surface area contributed by atoms with E-state index in [1.807, 2.05) is 47.9 Å². The van der Waals surface area contributed by atoms with E-state index in [4.69, 9.17) is 42.8 Å². The molecular formula is C28H21Cl2N3O4S. The van der Waals surface area contributed by atoms with Crippen LogP contribution in [-0.2, 0) is 4.79 Å². The summed E-state index contributed by atoms with van der Waals surface area (Å²) >= 11 is 14.0. The van der Waals surface area contributed by atoms with Crippen LogP contribution in [0.25, 0.3) is 11.8 Å². The highest BCUT2D eigenvalue weighted by atomic mass is 35.5. The Balaban J connectivity index is 1.35. The smallest absolute Gasteiger partial charge is 0.283 e. The zero-order valence-corrected chi connectivity index (χ0v) is 22.4. The molecule has 0 unspecified atom stereocenters. The molecule has 2 aliphatic heterocycles. The summed E-state index contributed by atoms with van der Waals surface area (Å²) in [6.45, 7) is 0.440. The van der Waals surface area contributed by atoms with Crippen molar-refractivity contribution in [3.05, 3.63) is 98.9 Å². The number of methoxy groups -OCH3 is 1. The van der Waals surface area contributed by atoms with Gasteiger partial charge < -0.3 is 14.2 Å². The second-order valence-electron chi connectivity index (χ2n) is 8.09. The number of ether oxygens (including phenoxy) is 3. The van der Waals surface area contributed by atoms with E-state index in [-0.39, 0.29) is 29.6 Å². The molecule has 0 atom stereocenters. The lowest BCUT2D eigenvalue weighted by Crippen LogP contribution is -2.38. The van der Waals surface area contributed by atoms with Crippen molar-refractivity contribution >= 4 is 63.6 Å². The monoisotopic (exact) mass is 565 g/mol. The number of nitrogens with zero attached hydrogens (tertiary/aromatic N) is 2. The molecule has 1 amide bonds. The number of amidine groups is 2. The molecule has 0 fully saturated rings. The Morgan fingerprint density at radius 2 is 1.71 bits per heavy atom. The lowest BCUT2D eigenvalue weighted by atomic mass is 10.1. The topological polar surface area (TPSA) is 84.2 Å². The van der Waals surface area contributed by atoms with E-state index in [1.165, 1.54) is 18.9 Å². The van der Waals surface area contributed by atoms with Crippen LogP contribution in [-0.4, -0.2) is 42.1 Å². The van der Waals surface area contributed by atoms with Crippen molar-refractivity contribution in [3.63, 3.8) is 0 Å².